The highest BCUT2D eigenvalue weighted by molar-refractivity contribution is 4.91. The van der Waals surface area contributed by atoms with E-state index in [-0.39, 0.29) is 0 Å². The molecule has 0 aliphatic heterocycles. The summed E-state index contributed by atoms with van der Waals surface area (Å²) in [4.78, 5) is 0. The van der Waals surface area contributed by atoms with Gasteiger partial charge in [0.1, 0.15) is 6.10 Å². The molecule has 0 aliphatic rings. The first-order valence-corrected chi connectivity index (χ1v) is 1.95. The average molecular weight is 84.1 g/mol. The number of hydrogen-bond acceptors (Lipinski definition) is 1. The fourth-order valence-corrected chi connectivity index (χ4v) is 0.118. The molecule has 0 fully saturated rings. The van der Waals surface area contributed by atoms with Crippen LogP contribution in [-0.4, -0.2) is 11.2 Å². The number of aliphatic hydroxyl groups excluding tert-OH is 1. The van der Waals surface area contributed by atoms with Crippen molar-refractivity contribution in [2.75, 3.05) is 0 Å². The van der Waals surface area contributed by atoms with Crippen LogP contribution in [0.15, 0.2) is 0 Å². The molecule has 6 heavy (non-hydrogen) atoms. The average Bonchev–Trinajstić information content (AvgIpc) is 1.65. The van der Waals surface area contributed by atoms with Crippen molar-refractivity contribution >= 4 is 0 Å². The van der Waals surface area contributed by atoms with E-state index in [1.807, 2.05) is 6.92 Å². The summed E-state index contributed by atoms with van der Waals surface area (Å²) >= 11 is 0. The maximum atomic E-state index is 8.43. The lowest BCUT2D eigenvalue weighted by molar-refractivity contribution is 0.228. The van der Waals surface area contributed by atoms with Crippen LogP contribution in [0, 0.1) is 12.3 Å². The van der Waals surface area contributed by atoms with Gasteiger partial charge in [0.15, 0.2) is 0 Å². The van der Waals surface area contributed by atoms with E-state index in [4.69, 9.17) is 11.5 Å². The first-order valence-electron chi connectivity index (χ1n) is 1.95. The van der Waals surface area contributed by atoms with Crippen LogP contribution in [0.4, 0.5) is 0 Å². The largest absolute Gasteiger partial charge is 0.380 e. The van der Waals surface area contributed by atoms with Crippen LogP contribution >= 0.6 is 0 Å². The first kappa shape index (κ1) is 5.52. The van der Waals surface area contributed by atoms with Crippen LogP contribution in [0.1, 0.15) is 13.3 Å². The van der Waals surface area contributed by atoms with Crippen molar-refractivity contribution in [2.45, 2.75) is 19.4 Å². The van der Waals surface area contributed by atoms with Gasteiger partial charge in [-0.3, -0.25) is 0 Å². The zero-order chi connectivity index (χ0) is 4.99. The van der Waals surface area contributed by atoms with Crippen molar-refractivity contribution in [2.24, 2.45) is 0 Å². The summed E-state index contributed by atoms with van der Waals surface area (Å²) in [5.41, 5.74) is 0. The fourth-order valence-electron chi connectivity index (χ4n) is 0.118. The summed E-state index contributed by atoms with van der Waals surface area (Å²) in [7, 11) is 0. The number of terminal acetylenes is 1. The lowest BCUT2D eigenvalue weighted by Crippen LogP contribution is -1.97. The Morgan fingerprint density at radius 3 is 2.50 bits per heavy atom. The highest BCUT2D eigenvalue weighted by Gasteiger charge is 1.86. The predicted molar refractivity (Wildman–Crippen MR) is 25.1 cm³/mol. The molecule has 0 aliphatic carbocycles. The second-order valence-electron chi connectivity index (χ2n) is 1.09. The summed E-state index contributed by atoms with van der Waals surface area (Å²) in [6.07, 6.45) is 4.89. The smallest absolute Gasteiger partial charge is 0.114 e. The fraction of sp³-hybridized carbons (Fsp3) is 0.600. The molecule has 1 heteroatoms. The first-order chi connectivity index (χ1) is 2.81. The molecule has 0 spiro atoms. The molecule has 0 aromatic heterocycles. The summed E-state index contributed by atoms with van der Waals surface area (Å²) in [6.45, 7) is 1.84. The van der Waals surface area contributed by atoms with Crippen molar-refractivity contribution in [3.05, 3.63) is 0 Å². The van der Waals surface area contributed by atoms with Crippen LogP contribution in [0.25, 0.3) is 0 Å². The van der Waals surface area contributed by atoms with E-state index in [2.05, 4.69) is 5.92 Å². The van der Waals surface area contributed by atoms with Crippen molar-refractivity contribution in [1.82, 2.24) is 0 Å². The third-order valence-corrected chi connectivity index (χ3v) is 0.579. The Bertz CT molecular complexity index is 60.8. The molecule has 0 saturated heterocycles. The molecular formula is C5H8O. The van der Waals surface area contributed by atoms with E-state index in [9.17, 15) is 0 Å². The summed E-state index contributed by atoms with van der Waals surface area (Å²) in [6, 6.07) is 0. The molecule has 0 unspecified atom stereocenters. The highest BCUT2D eigenvalue weighted by atomic mass is 16.3. The zero-order valence-corrected chi connectivity index (χ0v) is 3.81. The van der Waals surface area contributed by atoms with Crippen LogP contribution in [-0.2, 0) is 0 Å². The molecule has 0 rings (SSSR count). The van der Waals surface area contributed by atoms with E-state index in [1.54, 1.807) is 0 Å². The van der Waals surface area contributed by atoms with Gasteiger partial charge in [-0.2, -0.15) is 0 Å². The minimum Gasteiger partial charge on any atom is -0.380 e. The minimum atomic E-state index is -0.537. The molecule has 1 N–H and O–H groups in total. The van der Waals surface area contributed by atoms with Crippen molar-refractivity contribution in [3.63, 3.8) is 0 Å². The van der Waals surface area contributed by atoms with Crippen LogP contribution in [0.3, 0.4) is 0 Å². The van der Waals surface area contributed by atoms with E-state index in [1.165, 1.54) is 0 Å². The molecule has 0 aromatic rings. The van der Waals surface area contributed by atoms with Gasteiger partial charge in [-0.05, 0) is 6.42 Å². The standard InChI is InChI=1S/C5H8O/c1-3-5(6)4-2/h1,5-6H,4H2,2H3/t5-/m0/s1. The Hall–Kier alpha value is -0.480. The molecule has 0 aromatic carbocycles. The van der Waals surface area contributed by atoms with E-state index in [0.717, 1.165) is 0 Å². The molecule has 0 bridgehead atoms. The number of rotatable bonds is 1. The summed E-state index contributed by atoms with van der Waals surface area (Å²) in [5, 5.41) is 8.43. The lowest BCUT2D eigenvalue weighted by atomic mass is 10.3. The summed E-state index contributed by atoms with van der Waals surface area (Å²) < 4.78 is 0. The van der Waals surface area contributed by atoms with Gasteiger partial charge in [-0.25, -0.2) is 0 Å². The normalized spacial score (nSPS) is 12.8. The summed E-state index contributed by atoms with van der Waals surface area (Å²) in [5.74, 6) is 2.17. The maximum Gasteiger partial charge on any atom is 0.114 e. The molecular weight excluding hydrogens is 76.1 g/mol. The Kier molecular flexibility index (Phi) is 2.52. The molecule has 0 saturated carbocycles. The maximum absolute atomic E-state index is 8.43. The van der Waals surface area contributed by atoms with Gasteiger partial charge in [0, 0.05) is 0 Å². The third kappa shape index (κ3) is 1.80. The SMILES string of the molecule is C#C[C@H](O)CC. The second-order valence-corrected chi connectivity index (χ2v) is 1.09. The van der Waals surface area contributed by atoms with Gasteiger partial charge in [-0.15, -0.1) is 6.42 Å². The van der Waals surface area contributed by atoms with Gasteiger partial charge >= 0.3 is 0 Å². The van der Waals surface area contributed by atoms with Crippen molar-refractivity contribution in [3.8, 4) is 12.3 Å². The highest BCUT2D eigenvalue weighted by Crippen LogP contribution is 1.82. The van der Waals surface area contributed by atoms with Crippen LogP contribution in [0.5, 0.6) is 0 Å². The Labute approximate surface area is 38.0 Å². The van der Waals surface area contributed by atoms with Gasteiger partial charge in [0.2, 0.25) is 0 Å². The second kappa shape index (κ2) is 2.74. The minimum absolute atomic E-state index is 0.537. The molecule has 0 radical (unpaired) electrons. The Morgan fingerprint density at radius 1 is 2.00 bits per heavy atom. The topological polar surface area (TPSA) is 20.2 Å². The molecule has 34 valence electrons. The van der Waals surface area contributed by atoms with E-state index < -0.39 is 6.10 Å². The van der Waals surface area contributed by atoms with Gasteiger partial charge in [0.25, 0.3) is 0 Å². The van der Waals surface area contributed by atoms with E-state index in [0.29, 0.717) is 6.42 Å². The van der Waals surface area contributed by atoms with E-state index >= 15 is 0 Å². The van der Waals surface area contributed by atoms with Gasteiger partial charge in [-0.1, -0.05) is 12.8 Å². The number of aliphatic hydroxyl groups is 1. The third-order valence-electron chi connectivity index (χ3n) is 0.579. The van der Waals surface area contributed by atoms with Crippen LogP contribution < -0.4 is 0 Å². The molecule has 1 nitrogen and oxygen atoms in total. The van der Waals surface area contributed by atoms with Crippen molar-refractivity contribution in [1.29, 1.82) is 0 Å². The van der Waals surface area contributed by atoms with Gasteiger partial charge in [0.05, 0.1) is 0 Å². The van der Waals surface area contributed by atoms with Crippen molar-refractivity contribution < 1.29 is 5.11 Å². The molecule has 0 heterocycles. The number of hydrogen-bond donors (Lipinski definition) is 1. The Balaban J connectivity index is 3.04. The Morgan fingerprint density at radius 2 is 2.50 bits per heavy atom. The molecule has 0 amide bonds. The van der Waals surface area contributed by atoms with Crippen LogP contribution in [0.2, 0.25) is 0 Å². The lowest BCUT2D eigenvalue weighted by Gasteiger charge is -1.90. The molecule has 1 atom stereocenters. The van der Waals surface area contributed by atoms with Gasteiger partial charge < -0.3 is 5.11 Å². The quantitative estimate of drug-likeness (QED) is 0.456. The predicted octanol–water partition coefficient (Wildman–Crippen LogP) is 0.391. The zero-order valence-electron chi connectivity index (χ0n) is 3.81. The monoisotopic (exact) mass is 84.1 g/mol.